The number of aliphatic hydroxyl groups is 1. The number of hydrogen-bond acceptors (Lipinski definition) is 3. The minimum absolute atomic E-state index is 0.176. The first-order chi connectivity index (χ1) is 13.5. The molecule has 152 valence electrons. The van der Waals surface area contributed by atoms with Gasteiger partial charge in [0.25, 0.3) is 0 Å². The Kier molecular flexibility index (Phi) is 7.25. The van der Waals surface area contributed by atoms with E-state index in [0.717, 1.165) is 19.5 Å². The van der Waals surface area contributed by atoms with Gasteiger partial charge in [0.1, 0.15) is 0 Å². The van der Waals surface area contributed by atoms with E-state index in [-0.39, 0.29) is 6.10 Å². The molecule has 2 aliphatic carbocycles. The maximum Gasteiger partial charge on any atom is 0.0594 e. The summed E-state index contributed by atoms with van der Waals surface area (Å²) in [6.45, 7) is 10.6. The van der Waals surface area contributed by atoms with E-state index < -0.39 is 0 Å². The smallest absolute Gasteiger partial charge is 0.0594 e. The molecule has 28 heavy (non-hydrogen) atoms. The van der Waals surface area contributed by atoms with E-state index in [9.17, 15) is 5.11 Å². The van der Waals surface area contributed by atoms with Crippen LogP contribution in [-0.2, 0) is 6.54 Å². The van der Waals surface area contributed by atoms with Crippen molar-refractivity contribution >= 4 is 0 Å². The van der Waals surface area contributed by atoms with Gasteiger partial charge in [-0.25, -0.2) is 0 Å². The van der Waals surface area contributed by atoms with Gasteiger partial charge in [0.05, 0.1) is 6.10 Å². The minimum Gasteiger partial charge on any atom is -0.393 e. The molecule has 2 aliphatic rings. The van der Waals surface area contributed by atoms with E-state index in [1.165, 1.54) is 11.1 Å². The van der Waals surface area contributed by atoms with Crippen molar-refractivity contribution in [2.45, 2.75) is 46.8 Å². The first kappa shape index (κ1) is 21.0. The molecule has 1 saturated carbocycles. The standard InChI is InChI=1S/C25H36N2O/c1-17(14-27-16-21-8-6-12-26-15-21)7-5-9-23-18(2)10-11-22-13-19(3)25(28)20(4)24(22)23/h5-12,15,18-20,22-25,27-28H,13-14,16H2,1-4H3/b9-5+,17-7+/t18-,19+,20-,22-,23+,24-,25-/m0/s1. The van der Waals surface area contributed by atoms with Gasteiger partial charge in [0.15, 0.2) is 0 Å². The zero-order chi connectivity index (χ0) is 20.1. The zero-order valence-electron chi connectivity index (χ0n) is 17.8. The monoisotopic (exact) mass is 380 g/mol. The molecule has 1 aromatic rings. The first-order valence-electron chi connectivity index (χ1n) is 10.8. The Morgan fingerprint density at radius 3 is 2.86 bits per heavy atom. The summed E-state index contributed by atoms with van der Waals surface area (Å²) in [4.78, 5) is 4.15. The van der Waals surface area contributed by atoms with Crippen LogP contribution < -0.4 is 5.32 Å². The highest BCUT2D eigenvalue weighted by molar-refractivity contribution is 5.18. The van der Waals surface area contributed by atoms with Gasteiger partial charge < -0.3 is 10.4 Å². The molecule has 0 bridgehead atoms. The van der Waals surface area contributed by atoms with Crippen molar-refractivity contribution in [2.24, 2.45) is 35.5 Å². The van der Waals surface area contributed by atoms with E-state index in [1.807, 2.05) is 12.3 Å². The lowest BCUT2D eigenvalue weighted by Gasteiger charge is -2.48. The Morgan fingerprint density at radius 1 is 1.29 bits per heavy atom. The second-order valence-electron chi connectivity index (χ2n) is 8.99. The molecule has 2 N–H and O–H groups in total. The fourth-order valence-electron chi connectivity index (χ4n) is 5.12. The van der Waals surface area contributed by atoms with Crippen LogP contribution in [0.4, 0.5) is 0 Å². The van der Waals surface area contributed by atoms with Crippen molar-refractivity contribution in [1.29, 1.82) is 0 Å². The summed E-state index contributed by atoms with van der Waals surface area (Å²) < 4.78 is 0. The fraction of sp³-hybridized carbons (Fsp3) is 0.560. The summed E-state index contributed by atoms with van der Waals surface area (Å²) in [7, 11) is 0. The Hall–Kier alpha value is -1.71. The van der Waals surface area contributed by atoms with Crippen molar-refractivity contribution < 1.29 is 5.11 Å². The molecular formula is C25H36N2O. The number of fused-ring (bicyclic) bond motifs is 1. The Morgan fingerprint density at radius 2 is 2.11 bits per heavy atom. The molecule has 0 saturated heterocycles. The molecule has 7 atom stereocenters. The lowest BCUT2D eigenvalue weighted by atomic mass is 9.58. The molecule has 3 heteroatoms. The summed E-state index contributed by atoms with van der Waals surface area (Å²) in [6.07, 6.45) is 16.3. The lowest BCUT2D eigenvalue weighted by Crippen LogP contribution is -2.46. The van der Waals surface area contributed by atoms with Gasteiger partial charge in [-0.2, -0.15) is 0 Å². The van der Waals surface area contributed by atoms with Gasteiger partial charge in [0.2, 0.25) is 0 Å². The highest BCUT2D eigenvalue weighted by Gasteiger charge is 2.44. The highest BCUT2D eigenvalue weighted by atomic mass is 16.3. The first-order valence-corrected chi connectivity index (χ1v) is 10.8. The number of rotatable bonds is 6. The summed E-state index contributed by atoms with van der Waals surface area (Å²) in [5.74, 6) is 2.91. The van der Waals surface area contributed by atoms with Crippen molar-refractivity contribution in [3.63, 3.8) is 0 Å². The van der Waals surface area contributed by atoms with Crippen LogP contribution in [0.15, 0.2) is 60.5 Å². The van der Waals surface area contributed by atoms with E-state index in [0.29, 0.717) is 35.5 Å². The molecule has 0 radical (unpaired) electrons. The normalized spacial score (nSPS) is 35.9. The average molecular weight is 381 g/mol. The number of pyridine rings is 1. The molecular weight excluding hydrogens is 344 g/mol. The van der Waals surface area contributed by atoms with Crippen molar-refractivity contribution in [3.05, 3.63) is 66.0 Å². The van der Waals surface area contributed by atoms with Gasteiger partial charge in [-0.15, -0.1) is 0 Å². The van der Waals surface area contributed by atoms with E-state index in [1.54, 1.807) is 6.20 Å². The largest absolute Gasteiger partial charge is 0.393 e. The molecule has 0 amide bonds. The number of nitrogens with one attached hydrogen (secondary N) is 1. The van der Waals surface area contributed by atoms with Crippen molar-refractivity contribution in [3.8, 4) is 0 Å². The van der Waals surface area contributed by atoms with Crippen LogP contribution in [0.5, 0.6) is 0 Å². The molecule has 0 unspecified atom stereocenters. The zero-order valence-corrected chi connectivity index (χ0v) is 17.8. The van der Waals surface area contributed by atoms with Crippen LogP contribution in [0.1, 0.15) is 39.7 Å². The summed E-state index contributed by atoms with van der Waals surface area (Å²) in [5.41, 5.74) is 2.53. The van der Waals surface area contributed by atoms with Gasteiger partial charge >= 0.3 is 0 Å². The van der Waals surface area contributed by atoms with Crippen LogP contribution in [-0.4, -0.2) is 22.7 Å². The van der Waals surface area contributed by atoms with Gasteiger partial charge in [0, 0.05) is 25.5 Å². The molecule has 1 aromatic heterocycles. The predicted octanol–water partition coefficient (Wildman–Crippen LogP) is 4.77. The second kappa shape index (κ2) is 9.67. The van der Waals surface area contributed by atoms with E-state index in [2.05, 4.69) is 74.4 Å². The summed E-state index contributed by atoms with van der Waals surface area (Å²) in [6, 6.07) is 4.06. The van der Waals surface area contributed by atoms with Gasteiger partial charge in [-0.1, -0.05) is 62.8 Å². The van der Waals surface area contributed by atoms with Crippen LogP contribution in [0, 0.1) is 35.5 Å². The topological polar surface area (TPSA) is 45.1 Å². The fourth-order valence-corrected chi connectivity index (χ4v) is 5.12. The Bertz CT molecular complexity index is 709. The third kappa shape index (κ3) is 5.01. The number of hydrogen-bond donors (Lipinski definition) is 2. The third-order valence-corrected chi connectivity index (χ3v) is 6.75. The molecule has 0 spiro atoms. The second-order valence-corrected chi connectivity index (χ2v) is 8.99. The van der Waals surface area contributed by atoms with Crippen LogP contribution in [0.3, 0.4) is 0 Å². The highest BCUT2D eigenvalue weighted by Crippen LogP contribution is 2.48. The predicted molar refractivity (Wildman–Crippen MR) is 117 cm³/mol. The van der Waals surface area contributed by atoms with Crippen LogP contribution >= 0.6 is 0 Å². The number of aromatic nitrogens is 1. The van der Waals surface area contributed by atoms with Crippen molar-refractivity contribution in [2.75, 3.05) is 6.54 Å². The number of aliphatic hydroxyl groups excluding tert-OH is 1. The van der Waals surface area contributed by atoms with Crippen LogP contribution in [0.2, 0.25) is 0 Å². The molecule has 0 aromatic carbocycles. The van der Waals surface area contributed by atoms with Gasteiger partial charge in [-0.3, -0.25) is 4.98 Å². The summed E-state index contributed by atoms with van der Waals surface area (Å²) >= 11 is 0. The molecule has 3 rings (SSSR count). The number of allylic oxidation sites excluding steroid dienone is 5. The van der Waals surface area contributed by atoms with E-state index in [4.69, 9.17) is 0 Å². The maximum absolute atomic E-state index is 10.6. The lowest BCUT2D eigenvalue weighted by molar-refractivity contribution is -0.0389. The quantitative estimate of drug-likeness (QED) is 0.552. The molecule has 1 fully saturated rings. The molecule has 0 aliphatic heterocycles. The van der Waals surface area contributed by atoms with Gasteiger partial charge in [-0.05, 0) is 60.5 Å². The molecule has 3 nitrogen and oxygen atoms in total. The minimum atomic E-state index is -0.176. The molecule has 1 heterocycles. The maximum atomic E-state index is 10.6. The van der Waals surface area contributed by atoms with E-state index >= 15 is 0 Å². The third-order valence-electron chi connectivity index (χ3n) is 6.75. The average Bonchev–Trinajstić information content (AvgIpc) is 2.69. The van der Waals surface area contributed by atoms with Crippen LogP contribution in [0.25, 0.3) is 0 Å². The number of nitrogens with zero attached hydrogens (tertiary/aromatic N) is 1. The van der Waals surface area contributed by atoms with Crippen molar-refractivity contribution in [1.82, 2.24) is 10.3 Å². The Balaban J connectivity index is 1.58. The SMILES string of the molecule is C/C(=C\C=C\[C@H]1[C@H]2[C@H](C)[C@@H](O)[C@H](C)C[C@@H]2C=C[C@@H]1C)CNCc1cccnc1. The Labute approximate surface area is 170 Å². The summed E-state index contributed by atoms with van der Waals surface area (Å²) in [5, 5.41) is 14.1.